The average Bonchev–Trinajstić information content (AvgIpc) is 3.20. The van der Waals surface area contributed by atoms with Gasteiger partial charge in [-0.1, -0.05) is 31.0 Å². The van der Waals surface area contributed by atoms with Gasteiger partial charge in [-0.15, -0.1) is 0 Å². The molecule has 1 N–H and O–H groups in total. The number of furan rings is 1. The molecule has 1 saturated carbocycles. The van der Waals surface area contributed by atoms with Crippen molar-refractivity contribution in [3.8, 4) is 0 Å². The second kappa shape index (κ2) is 7.12. The van der Waals surface area contributed by atoms with Crippen LogP contribution in [0.25, 0.3) is 0 Å². The van der Waals surface area contributed by atoms with Crippen molar-refractivity contribution in [3.63, 3.8) is 0 Å². The lowest BCUT2D eigenvalue weighted by Crippen LogP contribution is -2.47. The molecule has 0 bridgehead atoms. The molecule has 0 radical (unpaired) electrons. The maximum atomic E-state index is 12.3. The Balaban J connectivity index is 1.32. The lowest BCUT2D eigenvalue weighted by atomic mass is 9.79. The molecular formula is C19H28N2O2S. The quantitative estimate of drug-likeness (QED) is 0.899. The lowest BCUT2D eigenvalue weighted by Gasteiger charge is -2.32. The average molecular weight is 349 g/mol. The van der Waals surface area contributed by atoms with E-state index >= 15 is 0 Å². The normalized spacial score (nSPS) is 29.2. The summed E-state index contributed by atoms with van der Waals surface area (Å²) in [5.74, 6) is 1.31. The van der Waals surface area contributed by atoms with E-state index < -0.39 is 0 Å². The van der Waals surface area contributed by atoms with Gasteiger partial charge < -0.3 is 9.73 Å². The highest BCUT2D eigenvalue weighted by Gasteiger charge is 2.45. The molecular weight excluding hydrogens is 320 g/mol. The Morgan fingerprint density at radius 3 is 2.92 bits per heavy atom. The Hall–Kier alpha value is -0.940. The third-order valence-corrected chi connectivity index (χ3v) is 7.14. The third kappa shape index (κ3) is 3.52. The van der Waals surface area contributed by atoms with Gasteiger partial charge in [-0.25, -0.2) is 0 Å². The molecule has 1 amide bonds. The fourth-order valence-electron chi connectivity index (χ4n) is 4.49. The summed E-state index contributed by atoms with van der Waals surface area (Å²) in [6.45, 7) is 3.56. The highest BCUT2D eigenvalue weighted by molar-refractivity contribution is 7.99. The molecule has 4 rings (SSSR count). The van der Waals surface area contributed by atoms with E-state index in [1.54, 1.807) is 0 Å². The van der Waals surface area contributed by atoms with Crippen molar-refractivity contribution in [3.05, 3.63) is 17.9 Å². The minimum Gasteiger partial charge on any atom is -0.454 e. The van der Waals surface area contributed by atoms with Crippen molar-refractivity contribution < 1.29 is 9.21 Å². The van der Waals surface area contributed by atoms with Crippen molar-refractivity contribution in [1.29, 1.82) is 0 Å². The van der Waals surface area contributed by atoms with Gasteiger partial charge in [0.15, 0.2) is 5.09 Å². The summed E-state index contributed by atoms with van der Waals surface area (Å²) in [4.78, 5) is 14.7. The van der Waals surface area contributed by atoms with Crippen LogP contribution < -0.4 is 5.32 Å². The van der Waals surface area contributed by atoms with Gasteiger partial charge in [-0.05, 0) is 50.8 Å². The molecule has 5 heteroatoms. The summed E-state index contributed by atoms with van der Waals surface area (Å²) in [6, 6.07) is 4.25. The largest absolute Gasteiger partial charge is 0.454 e. The number of rotatable bonds is 4. The first-order chi connectivity index (χ1) is 11.7. The number of piperidine rings is 1. The SMILES string of the molecule is O=C1NCCC[C@]12CCN(Cc1ccc(SC3CCCCC3)o1)C2. The maximum Gasteiger partial charge on any atom is 0.227 e. The lowest BCUT2D eigenvalue weighted by molar-refractivity contribution is -0.132. The second-order valence-corrected chi connectivity index (χ2v) is 9.00. The van der Waals surface area contributed by atoms with Gasteiger partial charge >= 0.3 is 0 Å². The van der Waals surface area contributed by atoms with Gasteiger partial charge in [0, 0.05) is 18.3 Å². The molecule has 0 unspecified atom stereocenters. The maximum absolute atomic E-state index is 12.3. The van der Waals surface area contributed by atoms with Gasteiger partial charge in [-0.2, -0.15) is 0 Å². The number of hydrogen-bond acceptors (Lipinski definition) is 4. The summed E-state index contributed by atoms with van der Waals surface area (Å²) in [6.07, 6.45) is 9.91. The van der Waals surface area contributed by atoms with Crippen molar-refractivity contribution in [1.82, 2.24) is 10.2 Å². The van der Waals surface area contributed by atoms with Crippen molar-refractivity contribution in [2.75, 3.05) is 19.6 Å². The Kier molecular flexibility index (Phi) is 4.90. The molecule has 1 atom stereocenters. The number of carbonyl (C=O) groups is 1. The van der Waals surface area contributed by atoms with Gasteiger partial charge in [0.1, 0.15) is 5.76 Å². The molecule has 0 aromatic carbocycles. The number of amides is 1. The third-order valence-electron chi connectivity index (χ3n) is 5.88. The van der Waals surface area contributed by atoms with Crippen LogP contribution in [-0.4, -0.2) is 35.7 Å². The molecule has 132 valence electrons. The monoisotopic (exact) mass is 348 g/mol. The van der Waals surface area contributed by atoms with Crippen LogP contribution in [0.1, 0.15) is 57.1 Å². The summed E-state index contributed by atoms with van der Waals surface area (Å²) >= 11 is 1.92. The fraction of sp³-hybridized carbons (Fsp3) is 0.737. The van der Waals surface area contributed by atoms with Gasteiger partial charge in [-0.3, -0.25) is 9.69 Å². The standard InChI is InChI=1S/C19H28N2O2S/c22-18-19(9-4-11-20-18)10-12-21(14-19)13-15-7-8-17(23-15)24-16-5-2-1-3-6-16/h7-8,16H,1-6,9-14H2,(H,20,22)/t19-/m1/s1. The molecule has 3 fully saturated rings. The number of carbonyl (C=O) groups excluding carboxylic acids is 1. The van der Waals surface area contributed by atoms with E-state index in [4.69, 9.17) is 4.42 Å². The molecule has 2 saturated heterocycles. The Labute approximate surface area is 148 Å². The van der Waals surface area contributed by atoms with Crippen LogP contribution in [0, 0.1) is 5.41 Å². The number of hydrogen-bond donors (Lipinski definition) is 1. The molecule has 3 heterocycles. The van der Waals surface area contributed by atoms with Crippen LogP contribution in [0.4, 0.5) is 0 Å². The van der Waals surface area contributed by atoms with Crippen LogP contribution in [-0.2, 0) is 11.3 Å². The highest BCUT2D eigenvalue weighted by Crippen LogP contribution is 2.39. The zero-order chi connectivity index (χ0) is 16.4. The summed E-state index contributed by atoms with van der Waals surface area (Å²) in [7, 11) is 0. The van der Waals surface area contributed by atoms with Crippen LogP contribution in [0.5, 0.6) is 0 Å². The van der Waals surface area contributed by atoms with Crippen molar-refractivity contribution >= 4 is 17.7 Å². The number of nitrogens with one attached hydrogen (secondary N) is 1. The molecule has 1 aliphatic carbocycles. The summed E-state index contributed by atoms with van der Waals surface area (Å²) in [5.41, 5.74) is -0.134. The van der Waals surface area contributed by atoms with E-state index in [0.717, 1.165) is 61.5 Å². The second-order valence-electron chi connectivity index (χ2n) is 7.70. The van der Waals surface area contributed by atoms with Crippen LogP contribution in [0.15, 0.2) is 21.6 Å². The van der Waals surface area contributed by atoms with Gasteiger partial charge in [0.05, 0.1) is 12.0 Å². The molecule has 24 heavy (non-hydrogen) atoms. The number of likely N-dealkylation sites (tertiary alicyclic amines) is 1. The predicted molar refractivity (Wildman–Crippen MR) is 96.0 cm³/mol. The smallest absolute Gasteiger partial charge is 0.227 e. The number of nitrogens with zero attached hydrogens (tertiary/aromatic N) is 1. The van der Waals surface area contributed by atoms with E-state index in [2.05, 4.69) is 22.3 Å². The van der Waals surface area contributed by atoms with Crippen molar-refractivity contribution in [2.24, 2.45) is 5.41 Å². The summed E-state index contributed by atoms with van der Waals surface area (Å²) in [5, 5.41) is 4.86. The number of thioether (sulfide) groups is 1. The van der Waals surface area contributed by atoms with Crippen LogP contribution in [0.2, 0.25) is 0 Å². The molecule has 4 nitrogen and oxygen atoms in total. The van der Waals surface area contributed by atoms with E-state index in [1.807, 2.05) is 11.8 Å². The minimum absolute atomic E-state index is 0.134. The first-order valence-corrected chi connectivity index (χ1v) is 10.4. The van der Waals surface area contributed by atoms with E-state index in [-0.39, 0.29) is 11.3 Å². The van der Waals surface area contributed by atoms with Crippen LogP contribution >= 0.6 is 11.8 Å². The Bertz CT molecular complexity index is 582. The van der Waals surface area contributed by atoms with E-state index in [0.29, 0.717) is 0 Å². The molecule has 1 spiro atoms. The first-order valence-electron chi connectivity index (χ1n) is 9.50. The molecule has 3 aliphatic rings. The summed E-state index contributed by atoms with van der Waals surface area (Å²) < 4.78 is 6.07. The van der Waals surface area contributed by atoms with E-state index in [9.17, 15) is 4.79 Å². The zero-order valence-electron chi connectivity index (χ0n) is 14.4. The molecule has 1 aromatic heterocycles. The van der Waals surface area contributed by atoms with Gasteiger partial charge in [0.25, 0.3) is 0 Å². The highest BCUT2D eigenvalue weighted by atomic mass is 32.2. The van der Waals surface area contributed by atoms with Crippen molar-refractivity contribution in [2.45, 2.75) is 68.3 Å². The first kappa shape index (κ1) is 16.5. The van der Waals surface area contributed by atoms with Gasteiger partial charge in [0.2, 0.25) is 5.91 Å². The fourth-order valence-corrected chi connectivity index (χ4v) is 5.69. The predicted octanol–water partition coefficient (Wildman–Crippen LogP) is 3.81. The molecule has 1 aromatic rings. The zero-order valence-corrected chi connectivity index (χ0v) is 15.2. The minimum atomic E-state index is -0.134. The Morgan fingerprint density at radius 2 is 2.08 bits per heavy atom. The topological polar surface area (TPSA) is 45.5 Å². The molecule has 2 aliphatic heterocycles. The Morgan fingerprint density at radius 1 is 1.21 bits per heavy atom. The van der Waals surface area contributed by atoms with E-state index in [1.165, 1.54) is 32.1 Å². The van der Waals surface area contributed by atoms with Crippen LogP contribution in [0.3, 0.4) is 0 Å².